The van der Waals surface area contributed by atoms with Crippen molar-refractivity contribution >= 4 is 0 Å². The normalized spacial score (nSPS) is 15.3. The average molecular weight is 208 g/mol. The quantitative estimate of drug-likeness (QED) is 0.722. The highest BCUT2D eigenvalue weighted by Crippen LogP contribution is 2.19. The van der Waals surface area contributed by atoms with Crippen molar-refractivity contribution in [2.75, 3.05) is 13.2 Å². The average Bonchev–Trinajstić information content (AvgIpc) is 3.09. The molecular weight excluding hydrogens is 192 g/mol. The van der Waals surface area contributed by atoms with Crippen LogP contribution in [0.15, 0.2) is 18.3 Å². The predicted octanol–water partition coefficient (Wildman–Crippen LogP) is 0.705. The van der Waals surface area contributed by atoms with Gasteiger partial charge in [-0.15, -0.1) is 0 Å². The van der Waals surface area contributed by atoms with Crippen LogP contribution in [0.4, 0.5) is 0 Å². The first-order valence-electron chi connectivity index (χ1n) is 5.30. The molecular formula is C11H16N2O2. The van der Waals surface area contributed by atoms with Gasteiger partial charge >= 0.3 is 0 Å². The molecule has 2 rings (SSSR count). The number of hydrogen-bond donors (Lipinski definition) is 2. The van der Waals surface area contributed by atoms with Gasteiger partial charge in [0, 0.05) is 12.6 Å². The van der Waals surface area contributed by atoms with Crippen molar-refractivity contribution in [1.82, 2.24) is 10.3 Å². The molecule has 1 aliphatic rings. The highest BCUT2D eigenvalue weighted by atomic mass is 16.5. The number of aliphatic hydroxyl groups is 1. The summed E-state index contributed by atoms with van der Waals surface area (Å²) < 4.78 is 5.22. The van der Waals surface area contributed by atoms with Crippen LogP contribution in [0.5, 0.6) is 5.75 Å². The molecule has 0 atom stereocenters. The van der Waals surface area contributed by atoms with Gasteiger partial charge in [-0.2, -0.15) is 0 Å². The standard InChI is InChI=1S/C11H16N2O2/c14-5-6-15-11-4-3-10(13-8-11)7-12-9-1-2-9/h3-4,8-9,12,14H,1-2,5-7H2. The van der Waals surface area contributed by atoms with Crippen molar-refractivity contribution in [3.05, 3.63) is 24.0 Å². The summed E-state index contributed by atoms with van der Waals surface area (Å²) in [6, 6.07) is 4.53. The third-order valence-electron chi connectivity index (χ3n) is 2.31. The van der Waals surface area contributed by atoms with E-state index < -0.39 is 0 Å². The lowest BCUT2D eigenvalue weighted by atomic mass is 10.3. The smallest absolute Gasteiger partial charge is 0.137 e. The first-order chi connectivity index (χ1) is 7.38. The van der Waals surface area contributed by atoms with Gasteiger partial charge in [0.1, 0.15) is 12.4 Å². The summed E-state index contributed by atoms with van der Waals surface area (Å²) in [6.45, 7) is 1.18. The van der Waals surface area contributed by atoms with E-state index in [4.69, 9.17) is 9.84 Å². The zero-order valence-electron chi connectivity index (χ0n) is 8.65. The van der Waals surface area contributed by atoms with Crippen molar-refractivity contribution in [3.8, 4) is 5.75 Å². The lowest BCUT2D eigenvalue weighted by molar-refractivity contribution is 0.201. The van der Waals surface area contributed by atoms with E-state index in [1.807, 2.05) is 12.1 Å². The SMILES string of the molecule is OCCOc1ccc(CNC2CC2)nc1. The van der Waals surface area contributed by atoms with E-state index in [2.05, 4.69) is 10.3 Å². The van der Waals surface area contributed by atoms with Gasteiger partial charge in [0.25, 0.3) is 0 Å². The Bertz CT molecular complexity index is 296. The van der Waals surface area contributed by atoms with Crippen LogP contribution >= 0.6 is 0 Å². The number of hydrogen-bond acceptors (Lipinski definition) is 4. The van der Waals surface area contributed by atoms with Gasteiger partial charge in [-0.1, -0.05) is 0 Å². The summed E-state index contributed by atoms with van der Waals surface area (Å²) in [5.41, 5.74) is 1.03. The molecule has 4 heteroatoms. The van der Waals surface area contributed by atoms with E-state index in [0.29, 0.717) is 18.4 Å². The third-order valence-corrected chi connectivity index (χ3v) is 2.31. The van der Waals surface area contributed by atoms with Crippen molar-refractivity contribution in [3.63, 3.8) is 0 Å². The van der Waals surface area contributed by atoms with E-state index in [-0.39, 0.29) is 6.61 Å². The molecule has 1 aromatic rings. The van der Waals surface area contributed by atoms with E-state index in [0.717, 1.165) is 12.2 Å². The minimum Gasteiger partial charge on any atom is -0.490 e. The Balaban J connectivity index is 1.79. The number of pyridine rings is 1. The molecule has 0 amide bonds. The Labute approximate surface area is 89.3 Å². The molecule has 1 aromatic heterocycles. The summed E-state index contributed by atoms with van der Waals surface area (Å²) in [6.07, 6.45) is 4.27. The molecule has 0 bridgehead atoms. The number of aliphatic hydroxyl groups excluding tert-OH is 1. The number of ether oxygens (including phenoxy) is 1. The van der Waals surface area contributed by atoms with Gasteiger partial charge in [0.15, 0.2) is 0 Å². The largest absolute Gasteiger partial charge is 0.490 e. The number of nitrogens with one attached hydrogen (secondary N) is 1. The Kier molecular flexibility index (Phi) is 3.53. The lowest BCUT2D eigenvalue weighted by Gasteiger charge is -2.05. The van der Waals surface area contributed by atoms with Crippen LogP contribution in [-0.2, 0) is 6.54 Å². The molecule has 0 unspecified atom stereocenters. The first kappa shape index (κ1) is 10.4. The second-order valence-electron chi connectivity index (χ2n) is 3.71. The van der Waals surface area contributed by atoms with E-state index >= 15 is 0 Å². The van der Waals surface area contributed by atoms with Crippen molar-refractivity contribution in [1.29, 1.82) is 0 Å². The fraction of sp³-hybridized carbons (Fsp3) is 0.545. The van der Waals surface area contributed by atoms with Crippen molar-refractivity contribution < 1.29 is 9.84 Å². The van der Waals surface area contributed by atoms with Crippen LogP contribution in [0.2, 0.25) is 0 Å². The monoisotopic (exact) mass is 208 g/mol. The zero-order chi connectivity index (χ0) is 10.5. The summed E-state index contributed by atoms with van der Waals surface area (Å²) in [5.74, 6) is 0.708. The Morgan fingerprint density at radius 3 is 2.93 bits per heavy atom. The first-order valence-corrected chi connectivity index (χ1v) is 5.30. The van der Waals surface area contributed by atoms with Crippen LogP contribution in [0.25, 0.3) is 0 Å². The minimum atomic E-state index is 0.0327. The maximum absolute atomic E-state index is 8.58. The maximum atomic E-state index is 8.58. The maximum Gasteiger partial charge on any atom is 0.137 e. The molecule has 0 saturated heterocycles. The predicted molar refractivity (Wildman–Crippen MR) is 56.7 cm³/mol. The summed E-state index contributed by atoms with van der Waals surface area (Å²) in [4.78, 5) is 4.26. The summed E-state index contributed by atoms with van der Waals surface area (Å²) in [5, 5.41) is 12.0. The zero-order valence-corrected chi connectivity index (χ0v) is 8.65. The molecule has 0 radical (unpaired) electrons. The van der Waals surface area contributed by atoms with Crippen LogP contribution < -0.4 is 10.1 Å². The highest BCUT2D eigenvalue weighted by Gasteiger charge is 2.19. The van der Waals surface area contributed by atoms with E-state index in [1.54, 1.807) is 6.20 Å². The number of aromatic nitrogens is 1. The molecule has 1 saturated carbocycles. The fourth-order valence-corrected chi connectivity index (χ4v) is 1.30. The Morgan fingerprint density at radius 2 is 2.33 bits per heavy atom. The van der Waals surface area contributed by atoms with Gasteiger partial charge in [-0.25, -0.2) is 0 Å². The highest BCUT2D eigenvalue weighted by molar-refractivity contribution is 5.19. The van der Waals surface area contributed by atoms with Gasteiger partial charge in [0.05, 0.1) is 18.5 Å². The second kappa shape index (κ2) is 5.09. The van der Waals surface area contributed by atoms with Crippen molar-refractivity contribution in [2.45, 2.75) is 25.4 Å². The molecule has 0 spiro atoms. The van der Waals surface area contributed by atoms with Crippen LogP contribution in [0.1, 0.15) is 18.5 Å². The van der Waals surface area contributed by atoms with Crippen LogP contribution in [0, 0.1) is 0 Å². The molecule has 1 fully saturated rings. The van der Waals surface area contributed by atoms with Gasteiger partial charge in [0.2, 0.25) is 0 Å². The van der Waals surface area contributed by atoms with Crippen LogP contribution in [0.3, 0.4) is 0 Å². The molecule has 0 aliphatic heterocycles. The second-order valence-corrected chi connectivity index (χ2v) is 3.71. The molecule has 1 heterocycles. The fourth-order valence-electron chi connectivity index (χ4n) is 1.30. The molecule has 4 nitrogen and oxygen atoms in total. The van der Waals surface area contributed by atoms with Crippen LogP contribution in [-0.4, -0.2) is 29.3 Å². The molecule has 82 valence electrons. The van der Waals surface area contributed by atoms with Crippen molar-refractivity contribution in [2.24, 2.45) is 0 Å². The Hall–Kier alpha value is -1.13. The van der Waals surface area contributed by atoms with E-state index in [1.165, 1.54) is 12.8 Å². The number of nitrogens with zero attached hydrogens (tertiary/aromatic N) is 1. The molecule has 15 heavy (non-hydrogen) atoms. The molecule has 0 aromatic carbocycles. The minimum absolute atomic E-state index is 0.0327. The topological polar surface area (TPSA) is 54.4 Å². The lowest BCUT2D eigenvalue weighted by Crippen LogP contribution is -2.16. The molecule has 2 N–H and O–H groups in total. The summed E-state index contributed by atoms with van der Waals surface area (Å²) >= 11 is 0. The number of rotatable bonds is 6. The van der Waals surface area contributed by atoms with Gasteiger partial charge < -0.3 is 15.2 Å². The summed E-state index contributed by atoms with van der Waals surface area (Å²) in [7, 11) is 0. The molecule has 1 aliphatic carbocycles. The van der Waals surface area contributed by atoms with Gasteiger partial charge in [-0.3, -0.25) is 4.98 Å². The Morgan fingerprint density at radius 1 is 1.47 bits per heavy atom. The van der Waals surface area contributed by atoms with Gasteiger partial charge in [-0.05, 0) is 25.0 Å². The van der Waals surface area contributed by atoms with E-state index in [9.17, 15) is 0 Å². The third kappa shape index (κ3) is 3.49.